The van der Waals surface area contributed by atoms with Crippen molar-refractivity contribution in [2.45, 2.75) is 47.6 Å². The molecule has 0 aliphatic heterocycles. The average Bonchev–Trinajstić information content (AvgIpc) is 2.72. The number of alkyl halides is 17. The third-order valence-corrected chi connectivity index (χ3v) is 4.25. The Balaban J connectivity index is 3.52. The smallest absolute Gasteiger partial charge is 0.460 e. The fraction of sp³-hybridized carbons (Fsp3) is 0.533. The van der Waals surface area contributed by atoms with E-state index in [0.29, 0.717) is 12.1 Å². The number of anilines is 1. The average molecular weight is 586 g/mol. The maximum Gasteiger partial charge on any atom is 0.460 e. The summed E-state index contributed by atoms with van der Waals surface area (Å²) in [5.41, 5.74) is -0.776. The molecule has 37 heavy (non-hydrogen) atoms. The summed E-state index contributed by atoms with van der Waals surface area (Å²) in [6.45, 7) is 0. The molecule has 0 amide bonds. The lowest BCUT2D eigenvalue weighted by atomic mass is 9.89. The fourth-order valence-electron chi connectivity index (χ4n) is 2.10. The van der Waals surface area contributed by atoms with Gasteiger partial charge in [0.05, 0.1) is 5.69 Å². The van der Waals surface area contributed by atoms with Crippen LogP contribution in [-0.2, 0) is 4.79 Å². The first kappa shape index (κ1) is 32.2. The molecule has 0 heterocycles. The van der Waals surface area contributed by atoms with Crippen LogP contribution in [0, 0.1) is 5.21 Å². The molecule has 1 N–H and O–H groups in total. The minimum absolute atomic E-state index is 0.198. The number of benzene rings is 1. The molecule has 0 saturated heterocycles. The molecule has 0 fully saturated rings. The molecule has 0 unspecified atom stereocenters. The van der Waals surface area contributed by atoms with Gasteiger partial charge in [-0.25, -0.2) is 4.79 Å². The number of hydrogen-bond donors (Lipinski definition) is 1. The number of esters is 1. The molecule has 0 aliphatic rings. The van der Waals surface area contributed by atoms with Gasteiger partial charge in [0.25, 0.3) is 0 Å². The van der Waals surface area contributed by atoms with Gasteiger partial charge in [-0.3, -0.25) is 5.21 Å². The molecule has 214 valence electrons. The van der Waals surface area contributed by atoms with Crippen LogP contribution in [0.15, 0.2) is 24.3 Å². The van der Waals surface area contributed by atoms with Crippen LogP contribution in [0.4, 0.5) is 80.3 Å². The summed E-state index contributed by atoms with van der Waals surface area (Å²) in [6, 6.07) is 1.14. The number of halogens is 17. The Hall–Kier alpha value is -2.78. The van der Waals surface area contributed by atoms with Crippen molar-refractivity contribution in [3.05, 3.63) is 29.5 Å². The Morgan fingerprint density at radius 1 is 0.622 bits per heavy atom. The van der Waals surface area contributed by atoms with Gasteiger partial charge >= 0.3 is 53.6 Å². The number of carbonyl (C=O) groups is 1. The minimum Gasteiger partial charge on any atom is -0.733 e. The SMILES string of the molecule is O=C(Oc1ccc(N([O-])O)cc1)C(F)(F)C(F)(F)C(F)(F)C(F)(F)C(F)(F)C(F)(F)C(F)(F)C(F)(F)F. The van der Waals surface area contributed by atoms with Crippen LogP contribution in [0.25, 0.3) is 0 Å². The van der Waals surface area contributed by atoms with Gasteiger partial charge in [-0.1, -0.05) is 0 Å². The zero-order valence-electron chi connectivity index (χ0n) is 16.4. The van der Waals surface area contributed by atoms with E-state index in [9.17, 15) is 84.6 Å². The quantitative estimate of drug-likeness (QED) is 0.159. The predicted octanol–water partition coefficient (Wildman–Crippen LogP) is 6.29. The first-order valence-corrected chi connectivity index (χ1v) is 8.25. The molecule has 0 bridgehead atoms. The zero-order chi connectivity index (χ0) is 29.8. The molecule has 22 heteroatoms. The zero-order valence-corrected chi connectivity index (χ0v) is 16.4. The van der Waals surface area contributed by atoms with E-state index < -0.39 is 70.3 Å². The van der Waals surface area contributed by atoms with Gasteiger partial charge in [0.15, 0.2) is 0 Å². The molecule has 5 nitrogen and oxygen atoms in total. The highest BCUT2D eigenvalue weighted by Gasteiger charge is 2.96. The van der Waals surface area contributed by atoms with E-state index in [1.54, 1.807) is 0 Å². The minimum atomic E-state index is -8.83. The summed E-state index contributed by atoms with van der Waals surface area (Å²) in [6.07, 6.45) is -7.88. The van der Waals surface area contributed by atoms with Crippen LogP contribution < -0.4 is 9.96 Å². The second-order valence-electron chi connectivity index (χ2n) is 6.67. The number of ether oxygens (including phenoxy) is 1. The fourth-order valence-corrected chi connectivity index (χ4v) is 2.10. The van der Waals surface area contributed by atoms with Crippen LogP contribution in [0.5, 0.6) is 5.75 Å². The van der Waals surface area contributed by atoms with E-state index in [-0.39, 0.29) is 12.1 Å². The van der Waals surface area contributed by atoms with E-state index in [0.717, 1.165) is 0 Å². The standard InChI is InChI=1S/C15H5F17NO4/c16-8(17,7(34)37-6-3-1-5(2-4-6)33(35)36)9(18,19)10(20,21)11(22,23)12(24,25)13(26,27)14(28,29)15(30,31)32/h1-4,35H/q-1. The lowest BCUT2D eigenvalue weighted by molar-refractivity contribution is -0.459. The lowest BCUT2D eigenvalue weighted by Crippen LogP contribution is -2.75. The Bertz CT molecular complexity index is 987. The van der Waals surface area contributed by atoms with Crippen LogP contribution >= 0.6 is 0 Å². The molecule has 0 atom stereocenters. The normalized spacial score (nSPS) is 15.0. The summed E-state index contributed by atoms with van der Waals surface area (Å²) in [5, 5.41) is 18.1. The van der Waals surface area contributed by atoms with Gasteiger partial charge in [-0.05, 0) is 24.3 Å². The van der Waals surface area contributed by atoms with Gasteiger partial charge in [0, 0.05) is 0 Å². The Labute approximate surface area is 190 Å². The third-order valence-electron chi connectivity index (χ3n) is 4.25. The van der Waals surface area contributed by atoms with E-state index in [1.165, 1.54) is 0 Å². The molecule has 0 aliphatic carbocycles. The van der Waals surface area contributed by atoms with E-state index in [1.807, 2.05) is 0 Å². The largest absolute Gasteiger partial charge is 0.733 e. The van der Waals surface area contributed by atoms with Crippen LogP contribution in [0.2, 0.25) is 0 Å². The van der Waals surface area contributed by atoms with Gasteiger partial charge in [-0.2, -0.15) is 74.6 Å². The van der Waals surface area contributed by atoms with Crippen molar-refractivity contribution in [1.82, 2.24) is 0 Å². The molecular weight excluding hydrogens is 581 g/mol. The van der Waals surface area contributed by atoms with E-state index >= 15 is 0 Å². The van der Waals surface area contributed by atoms with Crippen LogP contribution in [0.3, 0.4) is 0 Å². The van der Waals surface area contributed by atoms with Gasteiger partial charge in [0.1, 0.15) is 5.75 Å². The number of carbonyl (C=O) groups excluding carboxylic acids is 1. The molecule has 0 radical (unpaired) electrons. The van der Waals surface area contributed by atoms with Crippen molar-refractivity contribution in [3.63, 3.8) is 0 Å². The van der Waals surface area contributed by atoms with Crippen LogP contribution in [0.1, 0.15) is 0 Å². The lowest BCUT2D eigenvalue weighted by Gasteiger charge is -2.42. The van der Waals surface area contributed by atoms with Crippen molar-refractivity contribution >= 4 is 11.7 Å². The topological polar surface area (TPSA) is 72.8 Å². The summed E-state index contributed by atoms with van der Waals surface area (Å²) in [5.74, 6) is -64.3. The van der Waals surface area contributed by atoms with E-state index in [2.05, 4.69) is 4.74 Å². The maximum atomic E-state index is 13.7. The first-order valence-electron chi connectivity index (χ1n) is 8.25. The molecule has 1 aromatic carbocycles. The number of hydrogen-bond acceptors (Lipinski definition) is 5. The highest BCUT2D eigenvalue weighted by Crippen LogP contribution is 2.64. The maximum absolute atomic E-state index is 13.7. The Morgan fingerprint density at radius 2 is 0.946 bits per heavy atom. The molecule has 0 aromatic heterocycles. The Kier molecular flexibility index (Phi) is 7.76. The van der Waals surface area contributed by atoms with E-state index in [4.69, 9.17) is 5.21 Å². The third kappa shape index (κ3) is 4.56. The number of rotatable bonds is 9. The van der Waals surface area contributed by atoms with Gasteiger partial charge in [-0.15, -0.1) is 0 Å². The highest BCUT2D eigenvalue weighted by atomic mass is 19.4. The van der Waals surface area contributed by atoms with Crippen molar-refractivity contribution in [2.24, 2.45) is 0 Å². The highest BCUT2D eigenvalue weighted by molar-refractivity contribution is 5.81. The molecular formula is C15H5F17NO4-. The monoisotopic (exact) mass is 586 g/mol. The van der Waals surface area contributed by atoms with Gasteiger partial charge < -0.3 is 15.2 Å². The van der Waals surface area contributed by atoms with Crippen molar-refractivity contribution in [2.75, 3.05) is 5.23 Å². The van der Waals surface area contributed by atoms with Crippen molar-refractivity contribution < 1.29 is 89.4 Å². The second kappa shape index (κ2) is 8.91. The van der Waals surface area contributed by atoms with Gasteiger partial charge in [0.2, 0.25) is 0 Å². The van der Waals surface area contributed by atoms with Crippen LogP contribution in [-0.4, -0.2) is 58.8 Å². The van der Waals surface area contributed by atoms with Crippen molar-refractivity contribution in [1.29, 1.82) is 0 Å². The summed E-state index contributed by atoms with van der Waals surface area (Å²) >= 11 is 0. The predicted molar refractivity (Wildman–Crippen MR) is 80.4 cm³/mol. The molecule has 0 spiro atoms. The first-order chi connectivity index (χ1) is 16.1. The number of nitrogens with zero attached hydrogens (tertiary/aromatic N) is 1. The Morgan fingerprint density at radius 3 is 1.27 bits per heavy atom. The summed E-state index contributed by atoms with van der Waals surface area (Å²) < 4.78 is 227. The summed E-state index contributed by atoms with van der Waals surface area (Å²) in [7, 11) is 0. The molecule has 1 aromatic rings. The molecule has 1 rings (SSSR count). The second-order valence-corrected chi connectivity index (χ2v) is 6.67. The molecule has 0 saturated carbocycles. The summed E-state index contributed by atoms with van der Waals surface area (Å²) in [4.78, 5) is 11.3. The van der Waals surface area contributed by atoms with Crippen molar-refractivity contribution in [3.8, 4) is 5.75 Å².